The largest absolute Gasteiger partial charge is 0.405 e. The summed E-state index contributed by atoms with van der Waals surface area (Å²) in [6, 6.07) is 10.0. The fraction of sp³-hybridized carbons (Fsp3) is 0.565. The molecule has 29 heavy (non-hydrogen) atoms. The van der Waals surface area contributed by atoms with Gasteiger partial charge in [-0.25, -0.2) is 0 Å². The van der Waals surface area contributed by atoms with E-state index in [-0.39, 0.29) is 29.6 Å². The summed E-state index contributed by atoms with van der Waals surface area (Å²) in [6.07, 6.45) is 5.39. The van der Waals surface area contributed by atoms with Gasteiger partial charge in [-0.05, 0) is 35.2 Å². The molecule has 0 spiro atoms. The monoisotopic (exact) mass is 528 g/mol. The van der Waals surface area contributed by atoms with E-state index in [1.807, 2.05) is 34.4 Å². The first-order chi connectivity index (χ1) is 13.6. The Morgan fingerprint density at radius 3 is 2.48 bits per heavy atom. The Balaban J connectivity index is 1.86. The van der Waals surface area contributed by atoms with Gasteiger partial charge in [0.1, 0.15) is 23.9 Å². The molecule has 2 heterocycles. The van der Waals surface area contributed by atoms with Crippen molar-refractivity contribution < 1.29 is 18.6 Å². The Morgan fingerprint density at radius 1 is 1.17 bits per heavy atom. The lowest BCUT2D eigenvalue weighted by molar-refractivity contribution is -0.260. The molecule has 0 bridgehead atoms. The summed E-state index contributed by atoms with van der Waals surface area (Å²) in [7, 11) is -2.01. The van der Waals surface area contributed by atoms with Gasteiger partial charge in [0.25, 0.3) is 0 Å². The molecule has 0 N–H and O–H groups in total. The van der Waals surface area contributed by atoms with Crippen molar-refractivity contribution in [3.63, 3.8) is 0 Å². The van der Waals surface area contributed by atoms with Gasteiger partial charge in [-0.2, -0.15) is 0 Å². The third-order valence-corrected chi connectivity index (χ3v) is 11.1. The van der Waals surface area contributed by atoms with Gasteiger partial charge in [0.15, 0.2) is 14.6 Å². The average molecular weight is 529 g/mol. The molecule has 4 nitrogen and oxygen atoms in total. The van der Waals surface area contributed by atoms with Crippen molar-refractivity contribution in [2.75, 3.05) is 6.61 Å². The first-order valence-electron chi connectivity index (χ1n) is 10.2. The number of hydrogen-bond acceptors (Lipinski definition) is 4. The second-order valence-electron chi connectivity index (χ2n) is 9.50. The Labute approximate surface area is 189 Å². The minimum Gasteiger partial charge on any atom is -0.405 e. The summed E-state index contributed by atoms with van der Waals surface area (Å²) >= 11 is 2.24. The maximum atomic E-state index is 6.87. The molecule has 5 atom stereocenters. The molecule has 0 saturated carbocycles. The fourth-order valence-corrected chi connectivity index (χ4v) is 5.39. The predicted octanol–water partition coefficient (Wildman–Crippen LogP) is 6.15. The van der Waals surface area contributed by atoms with Crippen LogP contribution in [0.2, 0.25) is 18.1 Å². The zero-order chi connectivity index (χ0) is 21.3. The van der Waals surface area contributed by atoms with Crippen LogP contribution < -0.4 is 0 Å². The summed E-state index contributed by atoms with van der Waals surface area (Å²) in [5, 5.41) is 0.111. The molecule has 6 heteroatoms. The molecule has 1 aromatic rings. The van der Waals surface area contributed by atoms with Gasteiger partial charge >= 0.3 is 0 Å². The fourth-order valence-electron chi connectivity index (χ4n) is 3.42. The van der Waals surface area contributed by atoms with Crippen LogP contribution in [-0.4, -0.2) is 38.8 Å². The molecule has 0 aromatic heterocycles. The smallest absolute Gasteiger partial charge is 0.193 e. The van der Waals surface area contributed by atoms with E-state index in [0.29, 0.717) is 6.61 Å². The molecule has 1 saturated heterocycles. The van der Waals surface area contributed by atoms with Crippen LogP contribution >= 0.6 is 22.6 Å². The van der Waals surface area contributed by atoms with E-state index in [9.17, 15) is 0 Å². The Morgan fingerprint density at radius 2 is 1.86 bits per heavy atom. The maximum Gasteiger partial charge on any atom is 0.193 e. The van der Waals surface area contributed by atoms with E-state index in [0.717, 1.165) is 5.56 Å². The lowest BCUT2D eigenvalue weighted by atomic mass is 9.99. The molecule has 2 aliphatic rings. The average Bonchev–Trinajstić information content (AvgIpc) is 2.78. The number of hydrogen-bond donors (Lipinski definition) is 0. The summed E-state index contributed by atoms with van der Waals surface area (Å²) in [5.41, 5.74) is 0.459. The van der Waals surface area contributed by atoms with Crippen LogP contribution in [0.4, 0.5) is 0 Å². The highest BCUT2D eigenvalue weighted by atomic mass is 127. The van der Waals surface area contributed by atoms with Crippen molar-refractivity contribution in [2.24, 2.45) is 0 Å². The van der Waals surface area contributed by atoms with E-state index in [1.54, 1.807) is 0 Å². The molecule has 0 unspecified atom stereocenters. The Bertz CT molecular complexity index is 743. The van der Waals surface area contributed by atoms with E-state index in [1.165, 1.54) is 0 Å². The zero-order valence-electron chi connectivity index (χ0n) is 18.2. The van der Waals surface area contributed by atoms with E-state index in [2.05, 4.69) is 81.6 Å². The SMILES string of the molecule is CC(C)(C)[Si](C)(C)O[C@]1(C)C=C[C@@H]2O[C@H](c3ccccc3)OC[C@H]2O[C@H]1/C=C\I. The van der Waals surface area contributed by atoms with Crippen LogP contribution in [0.1, 0.15) is 39.5 Å². The van der Waals surface area contributed by atoms with Crippen molar-refractivity contribution in [1.29, 1.82) is 0 Å². The number of benzene rings is 1. The highest BCUT2D eigenvalue weighted by molar-refractivity contribution is 14.1. The molecular formula is C23H33IO4Si. The van der Waals surface area contributed by atoms with Crippen LogP contribution in [0.15, 0.2) is 52.6 Å². The highest BCUT2D eigenvalue weighted by Gasteiger charge is 2.48. The topological polar surface area (TPSA) is 36.9 Å². The molecular weight excluding hydrogens is 495 g/mol. The minimum atomic E-state index is -2.01. The molecule has 0 amide bonds. The summed E-state index contributed by atoms with van der Waals surface area (Å²) in [6.45, 7) is 13.9. The van der Waals surface area contributed by atoms with Crippen molar-refractivity contribution in [1.82, 2.24) is 0 Å². The zero-order valence-corrected chi connectivity index (χ0v) is 21.4. The van der Waals surface area contributed by atoms with Gasteiger partial charge in [-0.1, -0.05) is 85.8 Å². The van der Waals surface area contributed by atoms with Gasteiger partial charge in [0.05, 0.1) is 6.61 Å². The standard InChI is InChI=1S/C23H33IO4Si/c1-22(2,3)29(5,6)28-23(4)14-12-18-19(26-20(23)13-15-24)16-25-21(27-18)17-10-8-7-9-11-17/h7-15,18-21H,16H2,1-6H3/b15-13-/t18-,19+,20-,21+,23+/m0/s1. The first kappa shape index (κ1) is 23.2. The molecule has 0 aliphatic carbocycles. The van der Waals surface area contributed by atoms with Crippen LogP contribution in [0.3, 0.4) is 0 Å². The van der Waals surface area contributed by atoms with Crippen molar-refractivity contribution >= 4 is 30.9 Å². The molecule has 3 rings (SSSR count). The van der Waals surface area contributed by atoms with E-state index in [4.69, 9.17) is 18.6 Å². The molecule has 1 fully saturated rings. The Hall–Kier alpha value is -0.513. The third-order valence-electron chi connectivity index (χ3n) is 6.16. The minimum absolute atomic E-state index is 0.111. The number of ether oxygens (including phenoxy) is 3. The third kappa shape index (κ3) is 5.22. The van der Waals surface area contributed by atoms with Crippen LogP contribution in [-0.2, 0) is 18.6 Å². The van der Waals surface area contributed by atoms with Crippen molar-refractivity contribution in [3.05, 3.63) is 58.2 Å². The first-order valence-corrected chi connectivity index (χ1v) is 14.3. The number of rotatable bonds is 4. The lowest BCUT2D eigenvalue weighted by Crippen LogP contribution is -2.53. The highest BCUT2D eigenvalue weighted by Crippen LogP contribution is 2.42. The van der Waals surface area contributed by atoms with Crippen molar-refractivity contribution in [3.8, 4) is 0 Å². The predicted molar refractivity (Wildman–Crippen MR) is 128 cm³/mol. The molecule has 0 radical (unpaired) electrons. The summed E-state index contributed by atoms with van der Waals surface area (Å²) in [5.74, 6) is 0. The van der Waals surface area contributed by atoms with E-state index < -0.39 is 13.9 Å². The van der Waals surface area contributed by atoms with Gasteiger partial charge in [0.2, 0.25) is 0 Å². The summed E-state index contributed by atoms with van der Waals surface area (Å²) in [4.78, 5) is 0. The van der Waals surface area contributed by atoms with Crippen molar-refractivity contribution in [2.45, 2.75) is 76.0 Å². The second kappa shape index (κ2) is 8.92. The normalized spacial score (nSPS) is 33.5. The van der Waals surface area contributed by atoms with Crippen LogP contribution in [0.25, 0.3) is 0 Å². The second-order valence-corrected chi connectivity index (χ2v) is 14.9. The number of halogens is 1. The van der Waals surface area contributed by atoms with Crippen LogP contribution in [0, 0.1) is 0 Å². The number of fused-ring (bicyclic) bond motifs is 1. The van der Waals surface area contributed by atoms with Gasteiger partial charge in [-0.15, -0.1) is 0 Å². The summed E-state index contributed by atoms with van der Waals surface area (Å²) < 4.78 is 27.6. The van der Waals surface area contributed by atoms with Gasteiger partial charge in [0, 0.05) is 5.56 Å². The van der Waals surface area contributed by atoms with Gasteiger partial charge < -0.3 is 18.6 Å². The maximum absolute atomic E-state index is 6.87. The molecule has 160 valence electrons. The Kier molecular flexibility index (Phi) is 7.13. The van der Waals surface area contributed by atoms with E-state index >= 15 is 0 Å². The van der Waals surface area contributed by atoms with Gasteiger partial charge in [-0.3, -0.25) is 0 Å². The molecule has 1 aromatic carbocycles. The quantitative estimate of drug-likeness (QED) is 0.267. The lowest BCUT2D eigenvalue weighted by Gasteiger charge is -2.45. The van der Waals surface area contributed by atoms with Crippen LogP contribution in [0.5, 0.6) is 0 Å². The molecule has 2 aliphatic heterocycles.